The molecule has 0 aliphatic rings. The van der Waals surface area contributed by atoms with Crippen LogP contribution in [0.15, 0.2) is 36.4 Å². The van der Waals surface area contributed by atoms with Crippen molar-refractivity contribution < 1.29 is 14.3 Å². The molecule has 21 heavy (non-hydrogen) atoms. The van der Waals surface area contributed by atoms with Gasteiger partial charge in [0.1, 0.15) is 11.5 Å². The van der Waals surface area contributed by atoms with Gasteiger partial charge in [-0.1, -0.05) is 34.8 Å². The minimum atomic E-state index is -0.203. The van der Waals surface area contributed by atoms with Crippen LogP contribution in [0.3, 0.4) is 0 Å². The first-order chi connectivity index (χ1) is 10.0. The van der Waals surface area contributed by atoms with Crippen LogP contribution in [0.1, 0.15) is 10.4 Å². The van der Waals surface area contributed by atoms with Gasteiger partial charge in [0, 0.05) is 11.6 Å². The lowest BCUT2D eigenvalue weighted by atomic mass is 10.1. The van der Waals surface area contributed by atoms with Crippen LogP contribution in [-0.4, -0.2) is 19.5 Å². The topological polar surface area (TPSA) is 35.5 Å². The third kappa shape index (κ3) is 4.03. The van der Waals surface area contributed by atoms with Crippen molar-refractivity contribution in [2.45, 2.75) is 0 Å². The molecular weight excluding hydrogens is 335 g/mol. The summed E-state index contributed by atoms with van der Waals surface area (Å²) in [6.07, 6.45) is 0. The number of halogens is 3. The number of benzene rings is 2. The van der Waals surface area contributed by atoms with Crippen molar-refractivity contribution in [1.29, 1.82) is 0 Å². The number of hydrogen-bond donors (Lipinski definition) is 0. The Hall–Kier alpha value is -1.42. The molecule has 0 N–H and O–H groups in total. The Morgan fingerprint density at radius 1 is 1.00 bits per heavy atom. The summed E-state index contributed by atoms with van der Waals surface area (Å²) >= 11 is 17.7. The predicted octanol–water partition coefficient (Wildman–Crippen LogP) is 4.92. The molecule has 0 saturated heterocycles. The van der Waals surface area contributed by atoms with Gasteiger partial charge >= 0.3 is 0 Å². The Labute approximate surface area is 137 Å². The van der Waals surface area contributed by atoms with Crippen LogP contribution in [0.2, 0.25) is 15.1 Å². The molecule has 3 nitrogen and oxygen atoms in total. The zero-order valence-electron chi connectivity index (χ0n) is 11.0. The van der Waals surface area contributed by atoms with E-state index in [1.54, 1.807) is 36.4 Å². The van der Waals surface area contributed by atoms with Gasteiger partial charge in [0.15, 0.2) is 12.4 Å². The van der Waals surface area contributed by atoms with E-state index in [1.165, 1.54) is 7.11 Å². The molecule has 6 heteroatoms. The summed E-state index contributed by atoms with van der Waals surface area (Å²) in [5.41, 5.74) is 0.445. The van der Waals surface area contributed by atoms with Gasteiger partial charge in [-0.2, -0.15) is 0 Å². The van der Waals surface area contributed by atoms with E-state index in [1.807, 2.05) is 0 Å². The lowest BCUT2D eigenvalue weighted by Gasteiger charge is -2.08. The van der Waals surface area contributed by atoms with E-state index in [0.29, 0.717) is 32.1 Å². The van der Waals surface area contributed by atoms with E-state index >= 15 is 0 Å². The molecule has 2 rings (SSSR count). The summed E-state index contributed by atoms with van der Waals surface area (Å²) in [7, 11) is 1.51. The maximum absolute atomic E-state index is 12.0. The number of rotatable bonds is 5. The Balaban J connectivity index is 2.04. The molecule has 0 unspecified atom stereocenters. The van der Waals surface area contributed by atoms with Gasteiger partial charge in [0.2, 0.25) is 0 Å². The van der Waals surface area contributed by atoms with E-state index < -0.39 is 0 Å². The molecule has 2 aromatic carbocycles. The molecule has 0 bridgehead atoms. The summed E-state index contributed by atoms with van der Waals surface area (Å²) in [4.78, 5) is 12.0. The third-order valence-electron chi connectivity index (χ3n) is 2.73. The number of methoxy groups -OCH3 is 1. The molecule has 0 aliphatic carbocycles. The van der Waals surface area contributed by atoms with Crippen LogP contribution >= 0.6 is 34.8 Å². The summed E-state index contributed by atoms with van der Waals surface area (Å²) in [6, 6.07) is 9.61. The monoisotopic (exact) mass is 344 g/mol. The summed E-state index contributed by atoms with van der Waals surface area (Å²) in [6.45, 7) is -0.124. The Morgan fingerprint density at radius 3 is 2.38 bits per heavy atom. The zero-order chi connectivity index (χ0) is 15.4. The van der Waals surface area contributed by atoms with Gasteiger partial charge in [0.05, 0.1) is 22.2 Å². The maximum Gasteiger partial charge on any atom is 0.200 e. The van der Waals surface area contributed by atoms with Crippen molar-refractivity contribution in [2.24, 2.45) is 0 Å². The molecule has 0 aromatic heterocycles. The van der Waals surface area contributed by atoms with Gasteiger partial charge in [-0.3, -0.25) is 4.79 Å². The van der Waals surface area contributed by atoms with Crippen LogP contribution in [0.4, 0.5) is 0 Å². The average molecular weight is 346 g/mol. The van der Waals surface area contributed by atoms with Crippen molar-refractivity contribution in [1.82, 2.24) is 0 Å². The van der Waals surface area contributed by atoms with Crippen LogP contribution < -0.4 is 9.47 Å². The molecule has 0 atom stereocenters. The van der Waals surface area contributed by atoms with Crippen molar-refractivity contribution in [3.05, 3.63) is 57.0 Å². The Morgan fingerprint density at radius 2 is 1.76 bits per heavy atom. The molecule has 0 aliphatic heterocycles. The largest absolute Gasteiger partial charge is 0.495 e. The molecule has 0 amide bonds. The van der Waals surface area contributed by atoms with Gasteiger partial charge in [0.25, 0.3) is 0 Å². The number of ketones is 1. The number of ether oxygens (including phenoxy) is 2. The highest BCUT2D eigenvalue weighted by Crippen LogP contribution is 2.27. The Bertz CT molecular complexity index is 671. The second-order valence-electron chi connectivity index (χ2n) is 4.14. The van der Waals surface area contributed by atoms with E-state index in [2.05, 4.69) is 0 Å². The molecule has 0 heterocycles. The van der Waals surface area contributed by atoms with E-state index in [4.69, 9.17) is 44.3 Å². The molecular formula is C15H11Cl3O3. The average Bonchev–Trinajstić information content (AvgIpc) is 2.48. The standard InChI is InChI=1S/C15H11Cl3O3/c1-20-15-5-2-9(6-13(15)18)14(19)8-21-10-3-4-11(16)12(17)7-10/h2-7H,8H2,1H3. The van der Waals surface area contributed by atoms with E-state index in [9.17, 15) is 4.79 Å². The smallest absolute Gasteiger partial charge is 0.200 e. The minimum absolute atomic E-state index is 0.124. The SMILES string of the molecule is COc1ccc(C(=O)COc2ccc(Cl)c(Cl)c2)cc1Cl. The number of hydrogen-bond acceptors (Lipinski definition) is 3. The van der Waals surface area contributed by atoms with Crippen molar-refractivity contribution in [3.8, 4) is 11.5 Å². The summed E-state index contributed by atoms with van der Waals surface area (Å²) < 4.78 is 10.4. The first-order valence-corrected chi connectivity index (χ1v) is 7.09. The van der Waals surface area contributed by atoms with Crippen molar-refractivity contribution in [2.75, 3.05) is 13.7 Å². The van der Waals surface area contributed by atoms with Gasteiger partial charge in [-0.25, -0.2) is 0 Å². The highest BCUT2D eigenvalue weighted by Gasteiger charge is 2.10. The van der Waals surface area contributed by atoms with E-state index in [0.717, 1.165) is 0 Å². The Kier molecular flexibility index (Phi) is 5.34. The molecule has 0 radical (unpaired) electrons. The van der Waals surface area contributed by atoms with Crippen LogP contribution in [-0.2, 0) is 0 Å². The van der Waals surface area contributed by atoms with Crippen LogP contribution in [0.25, 0.3) is 0 Å². The molecule has 0 spiro atoms. The lowest BCUT2D eigenvalue weighted by Crippen LogP contribution is -2.11. The summed E-state index contributed by atoms with van der Waals surface area (Å²) in [5.74, 6) is 0.779. The predicted molar refractivity (Wildman–Crippen MR) is 84.3 cm³/mol. The summed E-state index contributed by atoms with van der Waals surface area (Å²) in [5, 5.41) is 1.17. The van der Waals surface area contributed by atoms with Crippen molar-refractivity contribution in [3.63, 3.8) is 0 Å². The molecule has 0 saturated carbocycles. The quantitative estimate of drug-likeness (QED) is 0.722. The minimum Gasteiger partial charge on any atom is -0.495 e. The molecule has 110 valence electrons. The zero-order valence-corrected chi connectivity index (χ0v) is 13.3. The van der Waals surface area contributed by atoms with Gasteiger partial charge < -0.3 is 9.47 Å². The van der Waals surface area contributed by atoms with Crippen LogP contribution in [0.5, 0.6) is 11.5 Å². The molecule has 2 aromatic rings. The fourth-order valence-electron chi connectivity index (χ4n) is 1.64. The fourth-order valence-corrected chi connectivity index (χ4v) is 2.18. The first-order valence-electron chi connectivity index (χ1n) is 5.96. The highest BCUT2D eigenvalue weighted by molar-refractivity contribution is 6.42. The number of Topliss-reactive ketones (excluding diaryl/α,β-unsaturated/α-hetero) is 1. The number of carbonyl (C=O) groups is 1. The van der Waals surface area contributed by atoms with Gasteiger partial charge in [-0.05, 0) is 30.3 Å². The second kappa shape index (κ2) is 7.03. The van der Waals surface area contributed by atoms with Crippen LogP contribution in [0, 0.1) is 0 Å². The third-order valence-corrected chi connectivity index (χ3v) is 3.77. The fraction of sp³-hybridized carbons (Fsp3) is 0.133. The number of carbonyl (C=O) groups excluding carboxylic acids is 1. The van der Waals surface area contributed by atoms with Crippen molar-refractivity contribution >= 4 is 40.6 Å². The first kappa shape index (κ1) is 16.0. The second-order valence-corrected chi connectivity index (χ2v) is 5.36. The normalized spacial score (nSPS) is 10.3. The lowest BCUT2D eigenvalue weighted by molar-refractivity contribution is 0.0921. The maximum atomic E-state index is 12.0. The van der Waals surface area contributed by atoms with Gasteiger partial charge in [-0.15, -0.1) is 0 Å². The highest BCUT2D eigenvalue weighted by atomic mass is 35.5. The van der Waals surface area contributed by atoms with E-state index in [-0.39, 0.29) is 12.4 Å². The molecule has 0 fully saturated rings.